The highest BCUT2D eigenvalue weighted by Crippen LogP contribution is 2.41. The fourth-order valence-corrected chi connectivity index (χ4v) is 2.95. The van der Waals surface area contributed by atoms with Crippen molar-refractivity contribution in [3.05, 3.63) is 35.7 Å². The molecule has 0 amide bonds. The van der Waals surface area contributed by atoms with E-state index in [4.69, 9.17) is 14.2 Å². The zero-order chi connectivity index (χ0) is 15.5. The van der Waals surface area contributed by atoms with E-state index >= 15 is 0 Å². The van der Waals surface area contributed by atoms with Crippen LogP contribution in [0.5, 0.6) is 17.2 Å². The van der Waals surface area contributed by atoms with Crippen LogP contribution >= 0.6 is 11.3 Å². The number of nitrogens with one attached hydrogen (secondary N) is 1. The number of rotatable bonds is 5. The van der Waals surface area contributed by atoms with Crippen LogP contribution in [-0.2, 0) is 0 Å². The van der Waals surface area contributed by atoms with Crippen molar-refractivity contribution in [2.45, 2.75) is 0 Å². The van der Waals surface area contributed by atoms with Crippen molar-refractivity contribution in [3.8, 4) is 39.1 Å². The van der Waals surface area contributed by atoms with Gasteiger partial charge in [0, 0.05) is 5.56 Å². The van der Waals surface area contributed by atoms with E-state index in [1.165, 1.54) is 0 Å². The molecule has 2 aromatic heterocycles. The number of ether oxygens (including phenoxy) is 3. The molecule has 114 valence electrons. The summed E-state index contributed by atoms with van der Waals surface area (Å²) in [5, 5.41) is 9.47. The van der Waals surface area contributed by atoms with Crippen molar-refractivity contribution >= 4 is 11.3 Å². The maximum Gasteiger partial charge on any atom is 0.203 e. The average Bonchev–Trinajstić information content (AvgIpc) is 3.23. The van der Waals surface area contributed by atoms with Gasteiger partial charge in [-0.15, -0.1) is 11.3 Å². The first kappa shape index (κ1) is 14.5. The average molecular weight is 316 g/mol. The summed E-state index contributed by atoms with van der Waals surface area (Å²) in [6, 6.07) is 9.84. The summed E-state index contributed by atoms with van der Waals surface area (Å²) in [7, 11) is 4.79. The van der Waals surface area contributed by atoms with Crippen molar-refractivity contribution in [2.24, 2.45) is 0 Å². The molecule has 3 aromatic rings. The number of hydrogen-bond acceptors (Lipinski definition) is 5. The molecule has 0 saturated heterocycles. The van der Waals surface area contributed by atoms with Gasteiger partial charge in [-0.05, 0) is 29.6 Å². The Morgan fingerprint density at radius 3 is 2.27 bits per heavy atom. The molecule has 0 spiro atoms. The maximum absolute atomic E-state index is 5.38. The van der Waals surface area contributed by atoms with Crippen molar-refractivity contribution in [1.82, 2.24) is 10.2 Å². The normalized spacial score (nSPS) is 10.5. The minimum absolute atomic E-state index is 0.572. The number of aromatic amines is 1. The summed E-state index contributed by atoms with van der Waals surface area (Å²) in [5.41, 5.74) is 2.70. The van der Waals surface area contributed by atoms with Crippen molar-refractivity contribution in [1.29, 1.82) is 0 Å². The van der Waals surface area contributed by atoms with Crippen LogP contribution in [-0.4, -0.2) is 31.5 Å². The lowest BCUT2D eigenvalue weighted by molar-refractivity contribution is 0.324. The van der Waals surface area contributed by atoms with Gasteiger partial charge in [0.2, 0.25) is 5.75 Å². The predicted molar refractivity (Wildman–Crippen MR) is 87.0 cm³/mol. The minimum Gasteiger partial charge on any atom is -0.493 e. The molecule has 2 heterocycles. The van der Waals surface area contributed by atoms with E-state index in [1.807, 2.05) is 29.6 Å². The molecule has 0 radical (unpaired) electrons. The third-order valence-electron chi connectivity index (χ3n) is 3.32. The predicted octanol–water partition coefficient (Wildman–Crippen LogP) is 3.83. The molecule has 0 aliphatic carbocycles. The van der Waals surface area contributed by atoms with Gasteiger partial charge in [-0.2, -0.15) is 5.10 Å². The lowest BCUT2D eigenvalue weighted by atomic mass is 10.1. The van der Waals surface area contributed by atoms with E-state index in [-0.39, 0.29) is 0 Å². The summed E-state index contributed by atoms with van der Waals surface area (Å²) in [4.78, 5) is 1.14. The third kappa shape index (κ3) is 2.53. The fraction of sp³-hybridized carbons (Fsp3) is 0.188. The highest BCUT2D eigenvalue weighted by atomic mass is 32.1. The van der Waals surface area contributed by atoms with E-state index in [1.54, 1.807) is 32.7 Å². The molecule has 1 aromatic carbocycles. The number of thiophene rings is 1. The van der Waals surface area contributed by atoms with Crippen molar-refractivity contribution in [2.75, 3.05) is 21.3 Å². The standard InChI is InChI=1S/C16H16N2O3S/c1-19-13-7-10(8-14(20-2)16(13)21-3)11-9-12(18-17-11)15-5-4-6-22-15/h4-9H,1-3H3,(H,17,18). The molecule has 0 bridgehead atoms. The molecule has 5 nitrogen and oxygen atoms in total. The highest BCUT2D eigenvalue weighted by molar-refractivity contribution is 7.13. The molecule has 0 saturated carbocycles. The number of nitrogens with zero attached hydrogens (tertiary/aromatic N) is 1. The van der Waals surface area contributed by atoms with E-state index in [9.17, 15) is 0 Å². The largest absolute Gasteiger partial charge is 0.493 e. The number of aromatic nitrogens is 2. The van der Waals surface area contributed by atoms with Crippen LogP contribution in [0.3, 0.4) is 0 Å². The first-order valence-corrected chi connectivity index (χ1v) is 7.54. The molecular formula is C16H16N2O3S. The topological polar surface area (TPSA) is 56.4 Å². The van der Waals surface area contributed by atoms with Gasteiger partial charge in [-0.3, -0.25) is 5.10 Å². The van der Waals surface area contributed by atoms with Crippen LogP contribution < -0.4 is 14.2 Å². The van der Waals surface area contributed by atoms with Crippen LogP contribution in [0.4, 0.5) is 0 Å². The Morgan fingerprint density at radius 1 is 1.00 bits per heavy atom. The van der Waals surface area contributed by atoms with Gasteiger partial charge < -0.3 is 14.2 Å². The summed E-state index contributed by atoms with van der Waals surface area (Å²) in [6.45, 7) is 0. The summed E-state index contributed by atoms with van der Waals surface area (Å²) >= 11 is 1.67. The zero-order valence-corrected chi connectivity index (χ0v) is 13.4. The van der Waals surface area contributed by atoms with Crippen molar-refractivity contribution in [3.63, 3.8) is 0 Å². The second kappa shape index (κ2) is 6.11. The smallest absolute Gasteiger partial charge is 0.203 e. The Balaban J connectivity index is 2.05. The number of methoxy groups -OCH3 is 3. The van der Waals surface area contributed by atoms with Gasteiger partial charge >= 0.3 is 0 Å². The third-order valence-corrected chi connectivity index (χ3v) is 4.23. The molecule has 1 N–H and O–H groups in total. The molecular weight excluding hydrogens is 300 g/mol. The Bertz CT molecular complexity index is 741. The Hall–Kier alpha value is -2.47. The first-order valence-electron chi connectivity index (χ1n) is 6.66. The zero-order valence-electron chi connectivity index (χ0n) is 12.5. The van der Waals surface area contributed by atoms with Gasteiger partial charge in [0.25, 0.3) is 0 Å². The van der Waals surface area contributed by atoms with Crippen LogP contribution in [0.1, 0.15) is 0 Å². The van der Waals surface area contributed by atoms with Crippen LogP contribution in [0.15, 0.2) is 35.7 Å². The SMILES string of the molecule is COc1cc(-c2cc(-c3cccs3)[nH]n2)cc(OC)c1OC. The van der Waals surface area contributed by atoms with Gasteiger partial charge in [0.05, 0.1) is 37.6 Å². The molecule has 0 unspecified atom stereocenters. The molecule has 22 heavy (non-hydrogen) atoms. The second-order valence-electron chi connectivity index (χ2n) is 4.56. The molecule has 3 rings (SSSR count). The summed E-state index contributed by atoms with van der Waals surface area (Å²) in [6.07, 6.45) is 0. The van der Waals surface area contributed by atoms with E-state index < -0.39 is 0 Å². The van der Waals surface area contributed by atoms with Crippen LogP contribution in [0, 0.1) is 0 Å². The van der Waals surface area contributed by atoms with Gasteiger partial charge in [-0.25, -0.2) is 0 Å². The maximum atomic E-state index is 5.38. The summed E-state index contributed by atoms with van der Waals surface area (Å²) < 4.78 is 16.1. The Labute approximate surface area is 132 Å². The molecule has 0 atom stereocenters. The number of benzene rings is 1. The van der Waals surface area contributed by atoms with Gasteiger partial charge in [-0.1, -0.05) is 6.07 Å². The monoisotopic (exact) mass is 316 g/mol. The van der Waals surface area contributed by atoms with E-state index in [0.29, 0.717) is 17.2 Å². The number of H-pyrrole nitrogens is 1. The lowest BCUT2D eigenvalue weighted by Gasteiger charge is -2.13. The van der Waals surface area contributed by atoms with Crippen molar-refractivity contribution < 1.29 is 14.2 Å². The molecule has 0 aliphatic heterocycles. The Kier molecular flexibility index (Phi) is 4.02. The minimum atomic E-state index is 0.572. The van der Waals surface area contributed by atoms with Gasteiger partial charge in [0.15, 0.2) is 11.5 Å². The number of hydrogen-bond donors (Lipinski definition) is 1. The fourth-order valence-electron chi connectivity index (χ4n) is 2.26. The van der Waals surface area contributed by atoms with E-state index in [0.717, 1.165) is 21.8 Å². The quantitative estimate of drug-likeness (QED) is 0.777. The van der Waals surface area contributed by atoms with Gasteiger partial charge in [0.1, 0.15) is 0 Å². The second-order valence-corrected chi connectivity index (χ2v) is 5.51. The molecule has 6 heteroatoms. The van der Waals surface area contributed by atoms with E-state index in [2.05, 4.69) is 16.3 Å². The Morgan fingerprint density at radius 2 is 1.73 bits per heavy atom. The molecule has 0 fully saturated rings. The summed E-state index contributed by atoms with van der Waals surface area (Å²) in [5.74, 6) is 1.79. The first-order chi connectivity index (χ1) is 10.8. The van der Waals surface area contributed by atoms with Crippen LogP contribution in [0.2, 0.25) is 0 Å². The van der Waals surface area contributed by atoms with Crippen LogP contribution in [0.25, 0.3) is 21.8 Å². The highest BCUT2D eigenvalue weighted by Gasteiger charge is 2.16. The molecule has 0 aliphatic rings. The lowest BCUT2D eigenvalue weighted by Crippen LogP contribution is -1.95.